The van der Waals surface area contributed by atoms with E-state index < -0.39 is 43.4 Å². The van der Waals surface area contributed by atoms with Crippen molar-refractivity contribution >= 4 is 15.9 Å². The molecule has 2 fully saturated rings. The standard InChI is InChI=1S/C15H19F3O3S.C5H6N2O2/c1-2-9-21-11-7-8-12(10-11)22(19,20)14-6-4-3-5-13(14)15(16,17)18;6-3-5(1-2-5)7-4(8)9/h3-6,11-12H,2,7-10H2,1H3;7H,1-2H2,(H,8,9)/t11-,12-;/m0./s1. The molecule has 2 aliphatic rings. The number of carbonyl (C=O) groups is 1. The molecule has 7 nitrogen and oxygen atoms in total. The monoisotopic (exact) mass is 462 g/mol. The number of benzene rings is 1. The van der Waals surface area contributed by atoms with Crippen LogP contribution in [-0.2, 0) is 20.8 Å². The van der Waals surface area contributed by atoms with Crippen LogP contribution in [0.4, 0.5) is 18.0 Å². The average molecular weight is 462 g/mol. The summed E-state index contributed by atoms with van der Waals surface area (Å²) >= 11 is 0. The van der Waals surface area contributed by atoms with Crippen molar-refractivity contribution in [2.24, 2.45) is 0 Å². The second kappa shape index (κ2) is 9.87. The first kappa shape index (κ1) is 24.9. The number of nitrogens with zero attached hydrogens (tertiary/aromatic N) is 1. The van der Waals surface area contributed by atoms with Crippen molar-refractivity contribution in [1.29, 1.82) is 5.26 Å². The Morgan fingerprint density at radius 2 is 1.97 bits per heavy atom. The molecule has 2 N–H and O–H groups in total. The lowest BCUT2D eigenvalue weighted by Crippen LogP contribution is -2.33. The quantitative estimate of drug-likeness (QED) is 0.656. The zero-order chi connectivity index (χ0) is 23.3. The molecule has 0 spiro atoms. The summed E-state index contributed by atoms with van der Waals surface area (Å²) < 4.78 is 69.7. The number of halogens is 3. The molecule has 2 saturated carbocycles. The summed E-state index contributed by atoms with van der Waals surface area (Å²) in [6, 6.07) is 6.26. The van der Waals surface area contributed by atoms with Crippen LogP contribution in [0.15, 0.2) is 29.2 Å². The second-order valence-corrected chi connectivity index (χ2v) is 9.79. The molecule has 0 saturated heterocycles. The van der Waals surface area contributed by atoms with Crippen LogP contribution in [0.1, 0.15) is 51.0 Å². The third-order valence-electron chi connectivity index (χ3n) is 5.14. The fraction of sp³-hybridized carbons (Fsp3) is 0.600. The van der Waals surface area contributed by atoms with Gasteiger partial charge in [-0.1, -0.05) is 19.1 Å². The number of hydrogen-bond acceptors (Lipinski definition) is 5. The number of alkyl halides is 3. The Kier molecular flexibility index (Phi) is 7.94. The molecule has 0 radical (unpaired) electrons. The summed E-state index contributed by atoms with van der Waals surface area (Å²) in [6.45, 7) is 2.49. The fourth-order valence-electron chi connectivity index (χ4n) is 3.34. The van der Waals surface area contributed by atoms with Gasteiger partial charge in [0.2, 0.25) is 0 Å². The average Bonchev–Trinajstić information content (AvgIpc) is 3.30. The van der Waals surface area contributed by atoms with E-state index in [0.717, 1.165) is 18.6 Å². The predicted molar refractivity (Wildman–Crippen MR) is 105 cm³/mol. The van der Waals surface area contributed by atoms with E-state index in [1.807, 2.05) is 13.0 Å². The van der Waals surface area contributed by atoms with Gasteiger partial charge in [-0.05, 0) is 50.7 Å². The van der Waals surface area contributed by atoms with Crippen LogP contribution in [0.25, 0.3) is 0 Å². The van der Waals surface area contributed by atoms with Crippen LogP contribution in [-0.4, -0.2) is 43.1 Å². The van der Waals surface area contributed by atoms with Gasteiger partial charge in [-0.3, -0.25) is 0 Å². The lowest BCUT2D eigenvalue weighted by atomic mass is 10.2. The van der Waals surface area contributed by atoms with Crippen LogP contribution >= 0.6 is 0 Å². The van der Waals surface area contributed by atoms with E-state index in [-0.39, 0.29) is 12.5 Å². The van der Waals surface area contributed by atoms with Crippen molar-refractivity contribution in [1.82, 2.24) is 5.32 Å². The Morgan fingerprint density at radius 3 is 2.45 bits per heavy atom. The van der Waals surface area contributed by atoms with Crippen LogP contribution in [0, 0.1) is 11.3 Å². The SMILES string of the molecule is CCCO[C@H]1CC[C@H](S(=O)(=O)c2ccccc2C(F)(F)F)C1.N#CC1(NC(=O)O)CC1. The van der Waals surface area contributed by atoms with E-state index in [1.54, 1.807) is 0 Å². The van der Waals surface area contributed by atoms with Crippen molar-refractivity contribution in [2.45, 2.75) is 73.4 Å². The molecule has 1 aromatic rings. The Bertz CT molecular complexity index is 923. The number of carboxylic acid groups (broad SMARTS) is 1. The molecule has 0 heterocycles. The van der Waals surface area contributed by atoms with Gasteiger partial charge in [0.25, 0.3) is 0 Å². The molecule has 0 aliphatic heterocycles. The van der Waals surface area contributed by atoms with Crippen molar-refractivity contribution in [3.05, 3.63) is 29.8 Å². The van der Waals surface area contributed by atoms with Gasteiger partial charge in [-0.15, -0.1) is 0 Å². The molecular formula is C20H25F3N2O5S. The number of nitriles is 1. The number of sulfone groups is 1. The minimum Gasteiger partial charge on any atom is -0.465 e. The van der Waals surface area contributed by atoms with Crippen molar-refractivity contribution in [3.63, 3.8) is 0 Å². The number of rotatable bonds is 6. The number of ether oxygens (including phenoxy) is 1. The minimum absolute atomic E-state index is 0.183. The van der Waals surface area contributed by atoms with E-state index in [2.05, 4.69) is 5.32 Å². The number of amides is 1. The third-order valence-corrected chi connectivity index (χ3v) is 7.42. The second-order valence-electron chi connectivity index (χ2n) is 7.59. The predicted octanol–water partition coefficient (Wildman–Crippen LogP) is 4.14. The highest BCUT2D eigenvalue weighted by molar-refractivity contribution is 7.92. The van der Waals surface area contributed by atoms with Gasteiger partial charge in [-0.2, -0.15) is 18.4 Å². The molecule has 3 rings (SSSR count). The molecule has 0 unspecified atom stereocenters. The first-order valence-electron chi connectivity index (χ1n) is 9.89. The summed E-state index contributed by atoms with van der Waals surface area (Å²) in [5.74, 6) is 0. The Hall–Kier alpha value is -2.32. The Morgan fingerprint density at radius 1 is 1.32 bits per heavy atom. The van der Waals surface area contributed by atoms with Gasteiger partial charge in [0, 0.05) is 6.61 Å². The van der Waals surface area contributed by atoms with E-state index in [1.165, 1.54) is 12.1 Å². The van der Waals surface area contributed by atoms with Gasteiger partial charge < -0.3 is 15.2 Å². The van der Waals surface area contributed by atoms with Gasteiger partial charge in [-0.25, -0.2) is 13.2 Å². The molecule has 2 atom stereocenters. The van der Waals surface area contributed by atoms with Crippen LogP contribution in [0.2, 0.25) is 0 Å². The zero-order valence-electron chi connectivity index (χ0n) is 17.0. The molecule has 0 aromatic heterocycles. The lowest BCUT2D eigenvalue weighted by Gasteiger charge is -2.17. The highest BCUT2D eigenvalue weighted by Crippen LogP contribution is 2.38. The van der Waals surface area contributed by atoms with Crippen molar-refractivity contribution < 1.29 is 36.2 Å². The summed E-state index contributed by atoms with van der Waals surface area (Å²) in [6.07, 6.45) is -2.70. The number of hydrogen-bond donors (Lipinski definition) is 2. The van der Waals surface area contributed by atoms with Crippen LogP contribution < -0.4 is 5.32 Å². The van der Waals surface area contributed by atoms with E-state index in [9.17, 15) is 26.4 Å². The van der Waals surface area contributed by atoms with Crippen LogP contribution in [0.5, 0.6) is 0 Å². The lowest BCUT2D eigenvalue weighted by molar-refractivity contribution is -0.139. The maximum Gasteiger partial charge on any atom is 0.417 e. The molecule has 0 bridgehead atoms. The minimum atomic E-state index is -4.68. The van der Waals surface area contributed by atoms with Crippen molar-refractivity contribution in [3.8, 4) is 6.07 Å². The highest BCUT2D eigenvalue weighted by Gasteiger charge is 2.45. The summed E-state index contributed by atoms with van der Waals surface area (Å²) in [5.41, 5.74) is -1.82. The molecule has 11 heteroatoms. The normalized spacial score (nSPS) is 22.0. The van der Waals surface area contributed by atoms with E-state index in [4.69, 9.17) is 15.1 Å². The fourth-order valence-corrected chi connectivity index (χ4v) is 5.37. The Labute approximate surface area is 179 Å². The van der Waals surface area contributed by atoms with Gasteiger partial charge in [0.15, 0.2) is 9.84 Å². The van der Waals surface area contributed by atoms with Gasteiger partial charge in [0.05, 0.1) is 27.9 Å². The first-order chi connectivity index (χ1) is 14.4. The zero-order valence-corrected chi connectivity index (χ0v) is 17.8. The molecule has 1 aromatic carbocycles. The summed E-state index contributed by atoms with van der Waals surface area (Å²) in [5, 5.41) is 17.8. The highest BCUT2D eigenvalue weighted by atomic mass is 32.2. The van der Waals surface area contributed by atoms with E-state index >= 15 is 0 Å². The third kappa shape index (κ3) is 6.58. The maximum absolute atomic E-state index is 13.0. The summed E-state index contributed by atoms with van der Waals surface area (Å²) in [7, 11) is -4.01. The number of nitrogens with one attached hydrogen (secondary N) is 1. The maximum atomic E-state index is 13.0. The topological polar surface area (TPSA) is 116 Å². The first-order valence-corrected chi connectivity index (χ1v) is 11.4. The molecule has 172 valence electrons. The molecule has 2 aliphatic carbocycles. The van der Waals surface area contributed by atoms with Crippen molar-refractivity contribution in [2.75, 3.05) is 6.61 Å². The van der Waals surface area contributed by atoms with E-state index in [0.29, 0.717) is 32.3 Å². The largest absolute Gasteiger partial charge is 0.465 e. The van der Waals surface area contributed by atoms with Crippen LogP contribution in [0.3, 0.4) is 0 Å². The van der Waals surface area contributed by atoms with Gasteiger partial charge >= 0.3 is 12.3 Å². The Balaban J connectivity index is 0.000000316. The molecule has 31 heavy (non-hydrogen) atoms. The molecular weight excluding hydrogens is 437 g/mol. The van der Waals surface area contributed by atoms with Gasteiger partial charge in [0.1, 0.15) is 5.54 Å². The summed E-state index contributed by atoms with van der Waals surface area (Å²) in [4.78, 5) is 9.33. The smallest absolute Gasteiger partial charge is 0.417 e. The molecule has 1 amide bonds.